The number of azide groups is 1. The predicted octanol–water partition coefficient (Wildman–Crippen LogP) is 7.53. The zero-order valence-electron chi connectivity index (χ0n) is 49.4. The molecule has 0 saturated carbocycles. The predicted molar refractivity (Wildman–Crippen MR) is 312 cm³/mol. The summed E-state index contributed by atoms with van der Waals surface area (Å²) in [7, 11) is 1.60. The van der Waals surface area contributed by atoms with Crippen molar-refractivity contribution in [3.8, 4) is 6.07 Å². The van der Waals surface area contributed by atoms with Crippen LogP contribution in [0, 0.1) is 23.2 Å². The van der Waals surface area contributed by atoms with Crippen molar-refractivity contribution in [1.29, 1.82) is 5.26 Å². The Hall–Kier alpha value is -4.78. The van der Waals surface area contributed by atoms with E-state index in [1.807, 2.05) is 28.6 Å². The largest absolute Gasteiger partial charge is 0.445 e. The van der Waals surface area contributed by atoms with E-state index in [-0.39, 0.29) is 105 Å². The molecule has 1 amide bonds. The second-order valence-electron chi connectivity index (χ2n) is 24.1. The van der Waals surface area contributed by atoms with Crippen molar-refractivity contribution < 1.29 is 76.6 Å². The van der Waals surface area contributed by atoms with E-state index in [0.29, 0.717) is 102 Å². The number of aliphatic hydroxyl groups excluding tert-OH is 2. The number of nitrogens with one attached hydrogen (secondary N) is 1. The summed E-state index contributed by atoms with van der Waals surface area (Å²) in [6.45, 7) is 14.0. The number of carbonyl (C=O) groups excluding carboxylic acids is 2. The Balaban J connectivity index is 0.743. The summed E-state index contributed by atoms with van der Waals surface area (Å²) in [4.78, 5) is 34.7. The number of benzene rings is 1. The third-order valence-electron chi connectivity index (χ3n) is 18.1. The number of nitriles is 1. The SMILES string of the molecule is C=C1C[C@@H]2CC[C@]34C[C@@H](O)[C@H](O3)[C@H]3C[C@@H](O4)[C@H]4O[C@H](CC[C@@H]4O3)CC(=O)C[C@@H]3[C@@H](OC)[C@@H](C[C@H](O)CNC(=O)OCc4ccc(N(CCOCCOCCOCCN=[N+]=[N-])Sc5ccc(C#N)cn5)cc4)O[C@H]3C[C@H]3O[C@@H](CC[C@@H]1O2)C[C@@H](C)C3=C. The number of methoxy groups -OCH3 is 1. The van der Waals surface area contributed by atoms with Gasteiger partial charge in [-0.25, -0.2) is 9.78 Å². The third-order valence-corrected chi connectivity index (χ3v) is 19.1. The number of hydrogen-bond acceptors (Lipinski definition) is 21. The molecule has 0 radical (unpaired) electrons. The number of fused-ring (bicyclic) bond motifs is 9. The topological polar surface area (TPSA) is 286 Å². The quantitative estimate of drug-likeness (QED) is 0.0256. The van der Waals surface area contributed by atoms with E-state index in [1.165, 1.54) is 18.1 Å². The molecule has 86 heavy (non-hydrogen) atoms. The van der Waals surface area contributed by atoms with E-state index in [4.69, 9.17) is 62.4 Å². The first-order valence-corrected chi connectivity index (χ1v) is 31.5. The molecule has 1 spiro atoms. The van der Waals surface area contributed by atoms with Gasteiger partial charge in [0.1, 0.15) is 35.7 Å². The highest BCUT2D eigenvalue weighted by Crippen LogP contribution is 2.49. The maximum atomic E-state index is 14.5. The van der Waals surface area contributed by atoms with E-state index in [2.05, 4.69) is 46.5 Å². The Labute approximate surface area is 507 Å². The molecule has 8 aliphatic heterocycles. The summed E-state index contributed by atoms with van der Waals surface area (Å²) >= 11 is 1.39. The van der Waals surface area contributed by atoms with Crippen LogP contribution < -0.4 is 9.62 Å². The molecule has 1 aromatic carbocycles. The average molecular weight is 1220 g/mol. The van der Waals surface area contributed by atoms with E-state index in [1.54, 1.807) is 19.2 Å². The Kier molecular flexibility index (Phi) is 22.9. The second kappa shape index (κ2) is 30.6. The molecule has 2 aromatic rings. The average Bonchev–Trinajstić information content (AvgIpc) is 2.27. The van der Waals surface area contributed by atoms with Crippen LogP contribution in [0.4, 0.5) is 10.5 Å². The number of rotatable bonds is 22. The molecule has 8 fully saturated rings. The Bertz CT molecular complexity index is 2690. The van der Waals surface area contributed by atoms with Crippen LogP contribution in [0.3, 0.4) is 0 Å². The van der Waals surface area contributed by atoms with Gasteiger partial charge in [-0.05, 0) is 97.4 Å². The fourth-order valence-corrected chi connectivity index (χ4v) is 14.5. The van der Waals surface area contributed by atoms with Crippen LogP contribution in [0.2, 0.25) is 0 Å². The van der Waals surface area contributed by atoms with E-state index < -0.39 is 54.6 Å². The molecule has 470 valence electrons. The van der Waals surface area contributed by atoms with Crippen LogP contribution in [0.1, 0.15) is 108 Å². The standard InChI is InChI=1S/C62H85N7O16S/c1-37-25-45-10-12-50-38(2)26-47(79-50)15-16-62-32-49(72)59(85-62)55-31-56(84-62)60-51(82-55)13-11-46(81-60)27-43(70)28-48-53(30-52(80-45)39(37)3)83-54(58(48)74-4)29-44(71)35-66-61(73)78-36-40-5-8-42(9-6-40)69(86-57-14-7-41(33-63)34-65-57)18-20-76-22-24-77-23-21-75-19-17-67-68-64/h5-9,14,34,37,44-56,58-60,71-72H,2-3,10-13,15-32,35-36H2,1,4H3,(H,66,73)/t37-,44+,45+,46-,47+,48+,49-,50+,51+,52-,53+,54-,55-,56-,58-,59+,60+,62-/m1/s1. The number of hydrogen-bond donors (Lipinski definition) is 3. The Morgan fingerprint density at radius 2 is 1.65 bits per heavy atom. The fraction of sp³-hybridized carbons (Fsp3) is 0.710. The first-order valence-electron chi connectivity index (χ1n) is 30.7. The van der Waals surface area contributed by atoms with E-state index in [9.17, 15) is 25.1 Å². The zero-order valence-corrected chi connectivity index (χ0v) is 50.3. The van der Waals surface area contributed by atoms with Gasteiger partial charge < -0.3 is 76.7 Å². The number of ketones is 1. The van der Waals surface area contributed by atoms with Crippen LogP contribution >= 0.6 is 11.9 Å². The molecule has 10 bridgehead atoms. The maximum absolute atomic E-state index is 14.5. The summed E-state index contributed by atoms with van der Waals surface area (Å²) in [5.74, 6) is -1.20. The molecule has 9 heterocycles. The summed E-state index contributed by atoms with van der Waals surface area (Å²) in [5, 5.41) is 38.9. The number of amides is 1. The van der Waals surface area contributed by atoms with Gasteiger partial charge in [-0.3, -0.25) is 4.79 Å². The van der Waals surface area contributed by atoms with Gasteiger partial charge in [0.2, 0.25) is 0 Å². The lowest BCUT2D eigenvalue weighted by Gasteiger charge is -2.47. The number of anilines is 1. The number of Topliss-reactive ketones (excluding diaryl/α,β-unsaturated/α-hetero) is 1. The van der Waals surface area contributed by atoms with E-state index >= 15 is 0 Å². The normalized spacial score (nSPS) is 34.7. The monoisotopic (exact) mass is 1220 g/mol. The van der Waals surface area contributed by atoms with Gasteiger partial charge in [0, 0.05) is 99.8 Å². The van der Waals surface area contributed by atoms with Crippen LogP contribution in [-0.4, -0.2) is 191 Å². The maximum Gasteiger partial charge on any atom is 0.407 e. The smallest absolute Gasteiger partial charge is 0.407 e. The van der Waals surface area contributed by atoms with Crippen LogP contribution in [-0.2, 0) is 68.2 Å². The van der Waals surface area contributed by atoms with Crippen LogP contribution in [0.5, 0.6) is 0 Å². The summed E-state index contributed by atoms with van der Waals surface area (Å²) < 4.78 is 78.1. The van der Waals surface area contributed by atoms with Crippen molar-refractivity contribution in [2.24, 2.45) is 17.0 Å². The minimum absolute atomic E-state index is 0.0146. The minimum atomic E-state index is -1.05. The number of pyridine rings is 1. The molecule has 24 heteroatoms. The lowest BCUT2D eigenvalue weighted by Crippen LogP contribution is -2.58. The molecule has 8 saturated heterocycles. The first kappa shape index (κ1) is 64.2. The number of nitrogens with zero attached hydrogens (tertiary/aromatic N) is 6. The molecule has 1 aromatic heterocycles. The molecule has 10 rings (SSSR count). The minimum Gasteiger partial charge on any atom is -0.445 e. The third kappa shape index (κ3) is 16.7. The first-order chi connectivity index (χ1) is 41.7. The fourth-order valence-electron chi connectivity index (χ4n) is 13.7. The van der Waals surface area contributed by atoms with Gasteiger partial charge in [0.05, 0.1) is 131 Å². The zero-order chi connectivity index (χ0) is 60.2. The molecule has 3 N–H and O–H groups in total. The lowest BCUT2D eigenvalue weighted by molar-refractivity contribution is -0.277. The molecule has 0 aliphatic carbocycles. The second-order valence-corrected chi connectivity index (χ2v) is 25.1. The van der Waals surface area contributed by atoms with Gasteiger partial charge >= 0.3 is 6.09 Å². The van der Waals surface area contributed by atoms with Crippen molar-refractivity contribution in [2.75, 3.05) is 70.7 Å². The molecule has 0 unspecified atom stereocenters. The van der Waals surface area contributed by atoms with Crippen molar-refractivity contribution in [3.63, 3.8) is 0 Å². The number of alkyl carbamates (subject to hydrolysis) is 1. The van der Waals surface area contributed by atoms with Crippen molar-refractivity contribution >= 4 is 29.5 Å². The summed E-state index contributed by atoms with van der Waals surface area (Å²) in [5.41, 5.74) is 12.4. The summed E-state index contributed by atoms with van der Waals surface area (Å²) in [6.07, 6.45) is 2.00. The molecular formula is C62H85N7O16S. The molecule has 8 aliphatic rings. The van der Waals surface area contributed by atoms with Gasteiger partial charge in [0.25, 0.3) is 0 Å². The van der Waals surface area contributed by atoms with Crippen LogP contribution in [0.25, 0.3) is 10.4 Å². The van der Waals surface area contributed by atoms with Crippen molar-refractivity contribution in [1.82, 2.24) is 10.3 Å². The summed E-state index contributed by atoms with van der Waals surface area (Å²) in [6, 6.07) is 13.1. The number of aromatic nitrogens is 1. The molecule has 23 nitrogen and oxygen atoms in total. The highest BCUT2D eigenvalue weighted by molar-refractivity contribution is 8.00. The van der Waals surface area contributed by atoms with Gasteiger partial charge in [-0.1, -0.05) is 37.3 Å². The van der Waals surface area contributed by atoms with Gasteiger partial charge in [-0.2, -0.15) is 5.26 Å². The highest BCUT2D eigenvalue weighted by Gasteiger charge is 2.60. The number of aliphatic hydroxyl groups is 2. The molecule has 18 atom stereocenters. The van der Waals surface area contributed by atoms with Crippen LogP contribution in [0.15, 0.2) is 77.0 Å². The van der Waals surface area contributed by atoms with Crippen molar-refractivity contribution in [3.05, 3.63) is 88.5 Å². The Morgan fingerprint density at radius 3 is 2.42 bits per heavy atom. The Morgan fingerprint density at radius 1 is 0.884 bits per heavy atom. The van der Waals surface area contributed by atoms with Gasteiger partial charge in [0.15, 0.2) is 5.79 Å². The number of ether oxygens (including phenoxy) is 12. The van der Waals surface area contributed by atoms with E-state index in [0.717, 1.165) is 48.1 Å². The number of carbonyl (C=O) groups is 2. The van der Waals surface area contributed by atoms with Crippen molar-refractivity contribution in [2.45, 2.75) is 206 Å². The lowest BCUT2D eigenvalue weighted by atomic mass is 9.81. The highest BCUT2D eigenvalue weighted by atomic mass is 32.2. The molecular weight excluding hydrogens is 1130 g/mol. The van der Waals surface area contributed by atoms with Gasteiger partial charge in [-0.15, -0.1) is 0 Å².